The number of halogens is 1. The molecule has 460 valence electrons. The van der Waals surface area contributed by atoms with Gasteiger partial charge in [-0.2, -0.15) is 5.10 Å². The molecule has 10 rings (SSSR count). The van der Waals surface area contributed by atoms with Gasteiger partial charge in [-0.15, -0.1) is 0 Å². The highest BCUT2D eigenvalue weighted by atomic mass is 32.2. The fraction of sp³-hybridized carbons (Fsp3) is 0.532. The highest BCUT2D eigenvalue weighted by molar-refractivity contribution is 7.92. The van der Waals surface area contributed by atoms with Crippen molar-refractivity contribution in [2.24, 2.45) is 0 Å². The topological polar surface area (TPSA) is 232 Å². The number of amides is 3. The highest BCUT2D eigenvalue weighted by Gasteiger charge is 2.44. The second-order valence-electron chi connectivity index (χ2n) is 26.1. The fourth-order valence-electron chi connectivity index (χ4n) is 11.7. The Hall–Kier alpha value is -7.41. The van der Waals surface area contributed by atoms with E-state index >= 15 is 0 Å². The van der Waals surface area contributed by atoms with E-state index in [4.69, 9.17) is 14.5 Å². The number of H-pyrrole nitrogens is 1. The quantitative estimate of drug-likeness (QED) is 0.104. The number of carbonyl (C=O) groups is 3. The number of pyridine rings is 1. The summed E-state index contributed by atoms with van der Waals surface area (Å²) < 4.78 is 53.0. The van der Waals surface area contributed by atoms with Gasteiger partial charge in [0.2, 0.25) is 11.9 Å². The van der Waals surface area contributed by atoms with Crippen molar-refractivity contribution < 1.29 is 36.7 Å². The van der Waals surface area contributed by atoms with Gasteiger partial charge in [-0.1, -0.05) is 26.0 Å². The number of aryl methyl sites for hydroxylation is 1. The van der Waals surface area contributed by atoms with Crippen LogP contribution in [0.3, 0.4) is 0 Å². The standard InChI is InChI=1S/C62H82FN15O7S/c1-39-32-75(22-21-74(39)34-47-35-77(59(81)85-60(5,6)7)40(2)33-76(47)36-53(79)78-37-62(11,12)54-50(78)26-44(29-64-54)25-43-13-15-46(63)16-14-43)57(80)45-30-65-58(66-31-45)73-19-17-72(18-20-73)23-24-84-51-28-49-48(27-52(51)86(82,83)61(8,9)10)56(68-38-67-49)69-55-41(3)42(4)70-71-55/h13-16,26-31,38-40,47H,17-25,32-37H2,1-12H3,(H2,67,68,69,70,71)/t39-,40+,47+/m1/s1. The third-order valence-electron chi connectivity index (χ3n) is 16.9. The van der Waals surface area contributed by atoms with Crippen LogP contribution in [0.2, 0.25) is 0 Å². The zero-order valence-corrected chi connectivity index (χ0v) is 52.5. The lowest BCUT2D eigenvalue weighted by Gasteiger charge is -2.48. The molecule has 4 aliphatic heterocycles. The Kier molecular flexibility index (Phi) is 17.5. The number of rotatable bonds is 15. The Morgan fingerprint density at radius 1 is 0.814 bits per heavy atom. The smallest absolute Gasteiger partial charge is 0.410 e. The van der Waals surface area contributed by atoms with E-state index in [2.05, 4.69) is 75.8 Å². The lowest BCUT2D eigenvalue weighted by molar-refractivity contribution is -0.121. The van der Waals surface area contributed by atoms with Gasteiger partial charge in [0.15, 0.2) is 15.7 Å². The van der Waals surface area contributed by atoms with Gasteiger partial charge in [0.25, 0.3) is 5.91 Å². The van der Waals surface area contributed by atoms with Crippen LogP contribution in [0.4, 0.5) is 32.5 Å². The van der Waals surface area contributed by atoms with E-state index in [0.29, 0.717) is 119 Å². The average molecular weight is 1200 g/mol. The van der Waals surface area contributed by atoms with Gasteiger partial charge >= 0.3 is 6.09 Å². The predicted molar refractivity (Wildman–Crippen MR) is 328 cm³/mol. The molecule has 24 heteroatoms. The monoisotopic (exact) mass is 1200 g/mol. The molecule has 2 N–H and O–H groups in total. The first-order chi connectivity index (χ1) is 40.6. The molecule has 2 aromatic carbocycles. The van der Waals surface area contributed by atoms with E-state index in [0.717, 1.165) is 33.8 Å². The Morgan fingerprint density at radius 3 is 2.20 bits per heavy atom. The molecule has 3 fully saturated rings. The second kappa shape index (κ2) is 24.4. The summed E-state index contributed by atoms with van der Waals surface area (Å²) in [5.74, 6) is 1.27. The van der Waals surface area contributed by atoms with Crippen molar-refractivity contribution in [1.82, 2.24) is 59.6 Å². The first-order valence-electron chi connectivity index (χ1n) is 29.7. The zero-order valence-electron chi connectivity index (χ0n) is 51.6. The molecule has 6 aromatic rings. The normalized spacial score (nSPS) is 19.9. The van der Waals surface area contributed by atoms with Gasteiger partial charge in [-0.25, -0.2) is 37.5 Å². The molecule has 0 radical (unpaired) electrons. The number of hydrogen-bond donors (Lipinski definition) is 2. The first-order valence-corrected chi connectivity index (χ1v) is 31.2. The molecule has 0 unspecified atom stereocenters. The van der Waals surface area contributed by atoms with Crippen molar-refractivity contribution in [1.29, 1.82) is 0 Å². The highest BCUT2D eigenvalue weighted by Crippen LogP contribution is 2.41. The number of carbonyl (C=O) groups excluding carboxylic acids is 3. The van der Waals surface area contributed by atoms with Gasteiger partial charge in [0.05, 0.1) is 33.8 Å². The Balaban J connectivity index is 0.743. The molecule has 3 atom stereocenters. The molecule has 4 aliphatic rings. The Morgan fingerprint density at radius 2 is 1.53 bits per heavy atom. The molecule has 0 spiro atoms. The van der Waals surface area contributed by atoms with Crippen molar-refractivity contribution in [2.45, 2.75) is 128 Å². The van der Waals surface area contributed by atoms with Crippen LogP contribution in [-0.4, -0.2) is 206 Å². The summed E-state index contributed by atoms with van der Waals surface area (Å²) in [5, 5.41) is 11.1. The summed E-state index contributed by atoms with van der Waals surface area (Å²) in [4.78, 5) is 80.0. The third-order valence-corrected chi connectivity index (χ3v) is 19.5. The van der Waals surface area contributed by atoms with Gasteiger partial charge in [-0.3, -0.25) is 34.4 Å². The van der Waals surface area contributed by atoms with Crippen LogP contribution in [0.1, 0.15) is 108 Å². The number of anilines is 4. The number of hydrogen-bond acceptors (Lipinski definition) is 18. The van der Waals surface area contributed by atoms with Crippen molar-refractivity contribution >= 4 is 61.9 Å². The van der Waals surface area contributed by atoms with E-state index in [9.17, 15) is 27.2 Å². The zero-order chi connectivity index (χ0) is 61.6. The maximum absolute atomic E-state index is 14.7. The average Bonchev–Trinajstić information content (AvgIpc) is 1.57. The molecule has 8 heterocycles. The molecule has 4 aromatic heterocycles. The minimum absolute atomic E-state index is 0.0444. The largest absolute Gasteiger partial charge is 0.491 e. The Labute approximate surface area is 503 Å². The summed E-state index contributed by atoms with van der Waals surface area (Å²) >= 11 is 0. The van der Waals surface area contributed by atoms with Crippen LogP contribution in [0.15, 0.2) is 72.3 Å². The SMILES string of the molecule is Cc1[nH]nc(Nc2ncnc3cc(OCCN4CCN(c5ncc(C(=O)N6CCN(C[C@H]7CN(C(=O)OC(C)(C)C)[C@@H](C)CN7CC(=O)N7CC(C)(C)c8ncc(Cc9ccc(F)cc9)cc87)[C@H](C)C6)cn5)CC4)c(S(=O)(=O)C(C)(C)C)cc23)c1C. The number of piperazine rings is 3. The van der Waals surface area contributed by atoms with Crippen LogP contribution >= 0.6 is 0 Å². The summed E-state index contributed by atoms with van der Waals surface area (Å²) in [5.41, 5.74) is 5.20. The predicted octanol–water partition coefficient (Wildman–Crippen LogP) is 7.18. The van der Waals surface area contributed by atoms with E-state index < -0.39 is 20.2 Å². The number of nitrogens with zero attached hydrogens (tertiary/aromatic N) is 13. The molecule has 0 aliphatic carbocycles. The minimum Gasteiger partial charge on any atom is -0.491 e. The number of benzene rings is 2. The maximum atomic E-state index is 14.7. The van der Waals surface area contributed by atoms with Crippen molar-refractivity contribution in [2.75, 3.05) is 107 Å². The van der Waals surface area contributed by atoms with E-state index in [1.165, 1.54) is 18.5 Å². The summed E-state index contributed by atoms with van der Waals surface area (Å²) in [6.45, 7) is 29.6. The van der Waals surface area contributed by atoms with Crippen molar-refractivity contribution in [3.63, 3.8) is 0 Å². The lowest BCUT2D eigenvalue weighted by Crippen LogP contribution is -2.65. The minimum atomic E-state index is -3.86. The molecular formula is C62H82FN15O7S. The van der Waals surface area contributed by atoms with Gasteiger partial charge in [0, 0.05) is 143 Å². The van der Waals surface area contributed by atoms with Crippen molar-refractivity contribution in [3.8, 4) is 5.75 Å². The van der Waals surface area contributed by atoms with E-state index in [1.54, 1.807) is 62.3 Å². The molecule has 3 amide bonds. The van der Waals surface area contributed by atoms with Crippen LogP contribution in [0, 0.1) is 19.7 Å². The number of aromatic nitrogens is 7. The molecule has 3 saturated heterocycles. The van der Waals surface area contributed by atoms with Crippen LogP contribution in [0.25, 0.3) is 10.9 Å². The fourth-order valence-corrected chi connectivity index (χ4v) is 13.1. The number of sulfone groups is 1. The van der Waals surface area contributed by atoms with Crippen LogP contribution < -0.4 is 19.9 Å². The van der Waals surface area contributed by atoms with Crippen LogP contribution in [0.5, 0.6) is 5.75 Å². The van der Waals surface area contributed by atoms with Gasteiger partial charge < -0.3 is 34.4 Å². The summed E-state index contributed by atoms with van der Waals surface area (Å²) in [6.07, 6.45) is 6.63. The Bertz CT molecular complexity index is 3580. The summed E-state index contributed by atoms with van der Waals surface area (Å²) in [7, 11) is -3.86. The maximum Gasteiger partial charge on any atom is 0.410 e. The lowest BCUT2D eigenvalue weighted by atomic mass is 9.91. The number of ether oxygens (including phenoxy) is 2. The van der Waals surface area contributed by atoms with E-state index in [1.807, 2.05) is 63.6 Å². The molecule has 22 nitrogen and oxygen atoms in total. The number of fused-ring (bicyclic) bond motifs is 2. The van der Waals surface area contributed by atoms with Crippen LogP contribution in [-0.2, 0) is 31.2 Å². The van der Waals surface area contributed by atoms with Crippen molar-refractivity contribution in [3.05, 3.63) is 107 Å². The third kappa shape index (κ3) is 13.4. The second-order valence-corrected chi connectivity index (χ2v) is 28.8. The molecule has 0 saturated carbocycles. The molecular weight excluding hydrogens is 1120 g/mol. The van der Waals surface area contributed by atoms with E-state index in [-0.39, 0.29) is 71.1 Å². The van der Waals surface area contributed by atoms with Gasteiger partial charge in [-0.05, 0) is 111 Å². The molecule has 86 heavy (non-hydrogen) atoms. The van der Waals surface area contributed by atoms with Gasteiger partial charge in [0.1, 0.15) is 40.8 Å². The summed E-state index contributed by atoms with van der Waals surface area (Å²) in [6, 6.07) is 11.2. The molecule has 0 bridgehead atoms. The first kappa shape index (κ1) is 61.7. The number of nitrogens with one attached hydrogen (secondary N) is 2. The number of aromatic amines is 1.